The zero-order valence-corrected chi connectivity index (χ0v) is 13.8. The molecule has 0 aliphatic rings. The Kier molecular flexibility index (Phi) is 4.49. The summed E-state index contributed by atoms with van der Waals surface area (Å²) < 4.78 is 32.9. The predicted octanol–water partition coefficient (Wildman–Crippen LogP) is 3.40. The summed E-state index contributed by atoms with van der Waals surface area (Å²) in [6.07, 6.45) is 0. The number of methoxy groups -OCH3 is 1. The van der Waals surface area contributed by atoms with Crippen molar-refractivity contribution < 1.29 is 13.2 Å². The fourth-order valence-electron chi connectivity index (χ4n) is 1.89. The van der Waals surface area contributed by atoms with Crippen LogP contribution >= 0.6 is 12.6 Å². The van der Waals surface area contributed by atoms with Crippen LogP contribution in [0.2, 0.25) is 0 Å². The summed E-state index contributed by atoms with van der Waals surface area (Å²) in [6, 6.07) is 10.2. The molecular formula is C15H17NO3S2. The van der Waals surface area contributed by atoms with E-state index in [0.717, 1.165) is 11.1 Å². The number of thiol groups is 1. The van der Waals surface area contributed by atoms with Crippen molar-refractivity contribution in [3.8, 4) is 5.75 Å². The van der Waals surface area contributed by atoms with E-state index >= 15 is 0 Å². The van der Waals surface area contributed by atoms with E-state index in [1.54, 1.807) is 36.4 Å². The van der Waals surface area contributed by atoms with E-state index in [-0.39, 0.29) is 4.90 Å². The fraction of sp³-hybridized carbons (Fsp3) is 0.200. The highest BCUT2D eigenvalue weighted by molar-refractivity contribution is 7.93. The number of benzene rings is 2. The highest BCUT2D eigenvalue weighted by Gasteiger charge is 2.21. The molecule has 0 radical (unpaired) electrons. The van der Waals surface area contributed by atoms with E-state index in [1.165, 1.54) is 7.11 Å². The third-order valence-corrected chi connectivity index (χ3v) is 4.99. The van der Waals surface area contributed by atoms with Crippen LogP contribution in [0.5, 0.6) is 5.75 Å². The Hall–Kier alpha value is -1.66. The molecule has 0 bridgehead atoms. The van der Waals surface area contributed by atoms with Gasteiger partial charge in [0.25, 0.3) is 10.0 Å². The molecule has 0 unspecified atom stereocenters. The molecule has 21 heavy (non-hydrogen) atoms. The smallest absolute Gasteiger partial charge is 0.265 e. The van der Waals surface area contributed by atoms with Crippen LogP contribution in [0.3, 0.4) is 0 Å². The highest BCUT2D eigenvalue weighted by Crippen LogP contribution is 2.30. The number of ether oxygens (including phenoxy) is 1. The topological polar surface area (TPSA) is 55.4 Å². The van der Waals surface area contributed by atoms with Crippen LogP contribution in [0.1, 0.15) is 11.1 Å². The maximum Gasteiger partial charge on any atom is 0.265 e. The molecule has 2 rings (SSSR count). The molecule has 0 fully saturated rings. The number of anilines is 1. The molecule has 0 heterocycles. The first kappa shape index (κ1) is 15.7. The van der Waals surface area contributed by atoms with Gasteiger partial charge in [0.2, 0.25) is 0 Å². The first-order chi connectivity index (χ1) is 9.85. The third kappa shape index (κ3) is 3.33. The van der Waals surface area contributed by atoms with Crippen LogP contribution < -0.4 is 9.46 Å². The lowest BCUT2D eigenvalue weighted by Crippen LogP contribution is -2.15. The molecule has 2 aromatic carbocycles. The van der Waals surface area contributed by atoms with Crippen LogP contribution in [0, 0.1) is 13.8 Å². The average Bonchev–Trinajstić information content (AvgIpc) is 2.43. The summed E-state index contributed by atoms with van der Waals surface area (Å²) in [6.45, 7) is 3.77. The number of hydrogen-bond acceptors (Lipinski definition) is 4. The Morgan fingerprint density at radius 2 is 1.71 bits per heavy atom. The largest absolute Gasteiger partial charge is 0.495 e. The van der Waals surface area contributed by atoms with Gasteiger partial charge in [-0.25, -0.2) is 8.42 Å². The van der Waals surface area contributed by atoms with Gasteiger partial charge in [0.15, 0.2) is 0 Å². The molecule has 2 aromatic rings. The van der Waals surface area contributed by atoms with E-state index in [1.807, 2.05) is 13.8 Å². The molecule has 0 spiro atoms. The molecular weight excluding hydrogens is 306 g/mol. The van der Waals surface area contributed by atoms with Gasteiger partial charge < -0.3 is 4.74 Å². The number of rotatable bonds is 4. The van der Waals surface area contributed by atoms with E-state index < -0.39 is 10.0 Å². The Morgan fingerprint density at radius 3 is 2.33 bits per heavy atom. The van der Waals surface area contributed by atoms with Gasteiger partial charge in [0, 0.05) is 4.90 Å². The summed E-state index contributed by atoms with van der Waals surface area (Å²) in [5.74, 6) is 0.322. The monoisotopic (exact) mass is 323 g/mol. The van der Waals surface area contributed by atoms with E-state index in [9.17, 15) is 8.42 Å². The number of hydrogen-bond donors (Lipinski definition) is 2. The molecule has 1 N–H and O–H groups in total. The van der Waals surface area contributed by atoms with Crippen molar-refractivity contribution in [3.05, 3.63) is 47.5 Å². The minimum absolute atomic E-state index is 0.115. The van der Waals surface area contributed by atoms with Gasteiger partial charge in [-0.2, -0.15) is 0 Å². The van der Waals surface area contributed by atoms with Crippen LogP contribution in [0.4, 0.5) is 5.69 Å². The normalized spacial score (nSPS) is 11.2. The molecule has 6 heteroatoms. The number of nitrogens with one attached hydrogen (secondary N) is 1. The molecule has 0 amide bonds. The molecule has 0 atom stereocenters. The Balaban J connectivity index is 2.50. The average molecular weight is 323 g/mol. The summed E-state index contributed by atoms with van der Waals surface area (Å²) in [5, 5.41) is 0. The van der Waals surface area contributed by atoms with Gasteiger partial charge in [-0.15, -0.1) is 12.6 Å². The number of aryl methyl sites for hydroxylation is 2. The van der Waals surface area contributed by atoms with Crippen molar-refractivity contribution in [1.29, 1.82) is 0 Å². The second-order valence-electron chi connectivity index (χ2n) is 4.71. The fourth-order valence-corrected chi connectivity index (χ4v) is 3.50. The molecule has 0 aliphatic heterocycles. The SMILES string of the molecule is COc1cc(C)c(C)cc1S(=O)(=O)Nc1ccccc1S. The molecule has 0 aliphatic carbocycles. The Labute approximate surface area is 130 Å². The van der Waals surface area contributed by atoms with Gasteiger partial charge >= 0.3 is 0 Å². The van der Waals surface area contributed by atoms with Crippen LogP contribution in [0.15, 0.2) is 46.2 Å². The standard InChI is InChI=1S/C15H17NO3S2/c1-10-8-13(19-3)15(9-11(10)2)21(17,18)16-12-6-4-5-7-14(12)20/h4-9,16,20H,1-3H3. The number of para-hydroxylation sites is 1. The molecule has 0 aromatic heterocycles. The zero-order valence-electron chi connectivity index (χ0n) is 12.0. The maximum absolute atomic E-state index is 12.6. The van der Waals surface area contributed by atoms with Gasteiger partial charge in [0.05, 0.1) is 12.8 Å². The lowest BCUT2D eigenvalue weighted by molar-refractivity contribution is 0.402. The van der Waals surface area contributed by atoms with Crippen LogP contribution in [0.25, 0.3) is 0 Å². The minimum atomic E-state index is -3.74. The number of sulfonamides is 1. The summed E-state index contributed by atoms with van der Waals surface area (Å²) in [7, 11) is -2.29. The van der Waals surface area contributed by atoms with Crippen molar-refractivity contribution in [2.75, 3.05) is 11.8 Å². The zero-order chi connectivity index (χ0) is 15.6. The van der Waals surface area contributed by atoms with Crippen molar-refractivity contribution in [1.82, 2.24) is 0 Å². The van der Waals surface area contributed by atoms with Gasteiger partial charge in [-0.05, 0) is 49.2 Å². The minimum Gasteiger partial charge on any atom is -0.495 e. The predicted molar refractivity (Wildman–Crippen MR) is 87.0 cm³/mol. The lowest BCUT2D eigenvalue weighted by Gasteiger charge is -2.14. The second kappa shape index (κ2) is 5.99. The van der Waals surface area contributed by atoms with Crippen molar-refractivity contribution >= 4 is 28.3 Å². The van der Waals surface area contributed by atoms with E-state index in [4.69, 9.17) is 4.74 Å². The first-order valence-corrected chi connectivity index (χ1v) is 8.24. The molecule has 112 valence electrons. The van der Waals surface area contributed by atoms with Gasteiger partial charge in [0.1, 0.15) is 10.6 Å². The van der Waals surface area contributed by atoms with E-state index in [0.29, 0.717) is 16.3 Å². The quantitative estimate of drug-likeness (QED) is 0.848. The molecule has 0 saturated heterocycles. The van der Waals surface area contributed by atoms with Gasteiger partial charge in [-0.1, -0.05) is 12.1 Å². The van der Waals surface area contributed by atoms with Crippen LogP contribution in [-0.2, 0) is 10.0 Å². The van der Waals surface area contributed by atoms with Gasteiger partial charge in [-0.3, -0.25) is 4.72 Å². The Morgan fingerprint density at radius 1 is 1.10 bits per heavy atom. The molecule has 4 nitrogen and oxygen atoms in total. The van der Waals surface area contributed by atoms with Crippen molar-refractivity contribution in [2.24, 2.45) is 0 Å². The third-order valence-electron chi connectivity index (χ3n) is 3.22. The Bertz CT molecular complexity index is 770. The van der Waals surface area contributed by atoms with Crippen molar-refractivity contribution in [2.45, 2.75) is 23.6 Å². The summed E-state index contributed by atoms with van der Waals surface area (Å²) in [4.78, 5) is 0.675. The van der Waals surface area contributed by atoms with Crippen molar-refractivity contribution in [3.63, 3.8) is 0 Å². The maximum atomic E-state index is 12.6. The van der Waals surface area contributed by atoms with E-state index in [2.05, 4.69) is 17.4 Å². The molecule has 0 saturated carbocycles. The lowest BCUT2D eigenvalue weighted by atomic mass is 10.1. The first-order valence-electron chi connectivity index (χ1n) is 6.31. The second-order valence-corrected chi connectivity index (χ2v) is 6.84. The van der Waals surface area contributed by atoms with Crippen LogP contribution in [-0.4, -0.2) is 15.5 Å². The summed E-state index contributed by atoms with van der Waals surface area (Å²) in [5.41, 5.74) is 2.29. The highest BCUT2D eigenvalue weighted by atomic mass is 32.2. The summed E-state index contributed by atoms with van der Waals surface area (Å²) >= 11 is 4.25.